The maximum atomic E-state index is 13.2. The lowest BCUT2D eigenvalue weighted by molar-refractivity contribution is -0.288. The third-order valence-electron chi connectivity index (χ3n) is 8.44. The zero-order valence-electron chi connectivity index (χ0n) is 24.2. The normalized spacial score (nSPS) is 34.1. The molecule has 4 rings (SSSR count). The lowest BCUT2D eigenvalue weighted by atomic mass is 9.80. The molecule has 2 heterocycles. The minimum atomic E-state index is -0.970. The van der Waals surface area contributed by atoms with Crippen molar-refractivity contribution < 1.29 is 33.3 Å². The summed E-state index contributed by atoms with van der Waals surface area (Å²) in [6, 6.07) is 17.5. The first-order valence-corrected chi connectivity index (χ1v) is 15.3. The molecule has 0 spiro atoms. The van der Waals surface area contributed by atoms with Crippen LogP contribution in [-0.4, -0.2) is 60.4 Å². The van der Waals surface area contributed by atoms with Gasteiger partial charge < -0.3 is 23.7 Å². The fraction of sp³-hybridized carbons (Fsp3) is 0.562. The lowest BCUT2D eigenvalue weighted by Crippen LogP contribution is -2.57. The summed E-state index contributed by atoms with van der Waals surface area (Å²) >= 11 is 1.81. The van der Waals surface area contributed by atoms with Crippen LogP contribution in [0.5, 0.6) is 0 Å². The average Bonchev–Trinajstić information content (AvgIpc) is 2.97. The Hall–Kier alpha value is -2.39. The molecule has 2 saturated heterocycles. The van der Waals surface area contributed by atoms with Crippen molar-refractivity contribution in [1.29, 1.82) is 0 Å². The smallest absolute Gasteiger partial charge is 0.338 e. The number of hydrogen-bond donors (Lipinski definition) is 0. The molecule has 40 heavy (non-hydrogen) atoms. The molecule has 2 fully saturated rings. The molecule has 2 aliphatic heterocycles. The minimum Gasteiger partial charge on any atom is -0.454 e. The highest BCUT2D eigenvalue weighted by molar-refractivity contribution is 7.99. The van der Waals surface area contributed by atoms with E-state index in [9.17, 15) is 9.59 Å². The monoisotopic (exact) mass is 570 g/mol. The second kappa shape index (κ2) is 14.0. The van der Waals surface area contributed by atoms with Crippen LogP contribution < -0.4 is 0 Å². The summed E-state index contributed by atoms with van der Waals surface area (Å²) in [5, 5.41) is 0. The molecule has 218 valence electrons. The second-order valence-corrected chi connectivity index (χ2v) is 12.3. The molecular formula is C32H42O7S. The zero-order chi connectivity index (χ0) is 28.8. The van der Waals surface area contributed by atoms with Gasteiger partial charge in [0.05, 0.1) is 29.9 Å². The van der Waals surface area contributed by atoms with Gasteiger partial charge in [0.25, 0.3) is 0 Å². The highest BCUT2D eigenvalue weighted by Crippen LogP contribution is 2.40. The topological polar surface area (TPSA) is 80.3 Å². The van der Waals surface area contributed by atoms with Crippen molar-refractivity contribution in [2.75, 3.05) is 12.4 Å². The number of hydrogen-bond acceptors (Lipinski definition) is 8. The Morgan fingerprint density at radius 2 is 1.27 bits per heavy atom. The molecule has 0 aromatic heterocycles. The summed E-state index contributed by atoms with van der Waals surface area (Å²) in [6.07, 6.45) is -3.14. The summed E-state index contributed by atoms with van der Waals surface area (Å²) in [6.45, 7) is 12.9. The maximum absolute atomic E-state index is 13.2. The van der Waals surface area contributed by atoms with E-state index in [1.165, 1.54) is 0 Å². The van der Waals surface area contributed by atoms with Crippen LogP contribution in [0.1, 0.15) is 62.3 Å². The van der Waals surface area contributed by atoms with Crippen LogP contribution >= 0.6 is 11.8 Å². The van der Waals surface area contributed by atoms with Crippen LogP contribution in [0.25, 0.3) is 0 Å². The summed E-state index contributed by atoms with van der Waals surface area (Å²) in [5.74, 6) is 0.828. The molecule has 2 aromatic carbocycles. The molecule has 0 aliphatic carbocycles. The molecule has 10 atom stereocenters. The van der Waals surface area contributed by atoms with E-state index in [-0.39, 0.29) is 36.1 Å². The van der Waals surface area contributed by atoms with E-state index in [1.54, 1.807) is 48.5 Å². The first kappa shape index (κ1) is 30.6. The lowest BCUT2D eigenvalue weighted by Gasteiger charge is -2.46. The SMILES string of the molecule is CCS[C@@H]1OC(CO[C@@H]2OC(C)[C@H](C)[C@@H](OC(=O)c3ccccc3)C2OC(=O)c2ccccc2)[C@H](C)[C@H](C)C1C. The van der Waals surface area contributed by atoms with Gasteiger partial charge in [-0.05, 0) is 54.7 Å². The third kappa shape index (κ3) is 7.08. The fourth-order valence-corrected chi connectivity index (χ4v) is 6.42. The number of ether oxygens (including phenoxy) is 5. The first-order valence-electron chi connectivity index (χ1n) is 14.3. The molecular weight excluding hydrogens is 528 g/mol. The molecule has 2 aliphatic rings. The van der Waals surface area contributed by atoms with Gasteiger partial charge in [-0.3, -0.25) is 0 Å². The van der Waals surface area contributed by atoms with Gasteiger partial charge in [-0.25, -0.2) is 9.59 Å². The summed E-state index contributed by atoms with van der Waals surface area (Å²) < 4.78 is 31.1. The van der Waals surface area contributed by atoms with Gasteiger partial charge in [-0.15, -0.1) is 11.8 Å². The Morgan fingerprint density at radius 1 is 0.725 bits per heavy atom. The van der Waals surface area contributed by atoms with Crippen molar-refractivity contribution in [3.05, 3.63) is 71.8 Å². The van der Waals surface area contributed by atoms with E-state index in [1.807, 2.05) is 37.7 Å². The van der Waals surface area contributed by atoms with E-state index in [0.29, 0.717) is 23.0 Å². The molecule has 0 saturated carbocycles. The van der Waals surface area contributed by atoms with Crippen LogP contribution in [0.15, 0.2) is 60.7 Å². The molecule has 2 aromatic rings. The fourth-order valence-electron chi connectivity index (χ4n) is 5.32. The Morgan fingerprint density at radius 3 is 1.82 bits per heavy atom. The van der Waals surface area contributed by atoms with Crippen molar-refractivity contribution >= 4 is 23.7 Å². The number of rotatable bonds is 9. The van der Waals surface area contributed by atoms with Crippen molar-refractivity contribution in [1.82, 2.24) is 0 Å². The van der Waals surface area contributed by atoms with Crippen LogP contribution in [0, 0.1) is 23.7 Å². The third-order valence-corrected chi connectivity index (χ3v) is 9.65. The first-order chi connectivity index (χ1) is 19.2. The van der Waals surface area contributed by atoms with Crippen LogP contribution in [0.4, 0.5) is 0 Å². The Labute approximate surface area is 242 Å². The van der Waals surface area contributed by atoms with Gasteiger partial charge in [0.2, 0.25) is 0 Å². The van der Waals surface area contributed by atoms with Crippen molar-refractivity contribution in [2.45, 2.75) is 77.7 Å². The van der Waals surface area contributed by atoms with Gasteiger partial charge in [0, 0.05) is 5.92 Å². The number of carbonyl (C=O) groups is 2. The van der Waals surface area contributed by atoms with Crippen LogP contribution in [0.3, 0.4) is 0 Å². The van der Waals surface area contributed by atoms with Gasteiger partial charge in [0.15, 0.2) is 12.4 Å². The standard InChI is InChI=1S/C32H42O7S/c1-7-40-32-21(4)19(2)20(3)26(37-32)18-35-31-28(39-30(34)25-16-12-9-13-17-25)27(22(5)23(6)36-31)38-29(33)24-14-10-8-11-15-24/h8-17,19-23,26-28,31-32H,7,18H2,1-6H3/t19-,20+,21?,22-,23?,26?,27+,28?,31+,32-/m0/s1. The zero-order valence-corrected chi connectivity index (χ0v) is 25.0. The number of esters is 2. The predicted molar refractivity (Wildman–Crippen MR) is 155 cm³/mol. The second-order valence-electron chi connectivity index (χ2n) is 10.9. The van der Waals surface area contributed by atoms with Crippen LogP contribution in [0.2, 0.25) is 0 Å². The number of carbonyl (C=O) groups excluding carboxylic acids is 2. The quantitative estimate of drug-likeness (QED) is 0.329. The van der Waals surface area contributed by atoms with E-state index in [0.717, 1.165) is 5.75 Å². The largest absolute Gasteiger partial charge is 0.454 e. The maximum Gasteiger partial charge on any atom is 0.338 e. The van der Waals surface area contributed by atoms with Gasteiger partial charge in [0.1, 0.15) is 11.5 Å². The molecule has 0 N–H and O–H groups in total. The van der Waals surface area contributed by atoms with E-state index in [4.69, 9.17) is 23.7 Å². The Kier molecular flexibility index (Phi) is 10.7. The molecule has 0 radical (unpaired) electrons. The summed E-state index contributed by atoms with van der Waals surface area (Å²) in [7, 11) is 0. The van der Waals surface area contributed by atoms with Gasteiger partial charge >= 0.3 is 11.9 Å². The minimum absolute atomic E-state index is 0.0855. The summed E-state index contributed by atoms with van der Waals surface area (Å²) in [5.41, 5.74) is 0.904. The van der Waals surface area contributed by atoms with E-state index in [2.05, 4.69) is 27.7 Å². The number of benzene rings is 2. The van der Waals surface area contributed by atoms with Gasteiger partial charge in [-0.2, -0.15) is 0 Å². The molecule has 8 heteroatoms. The predicted octanol–water partition coefficient (Wildman–Crippen LogP) is 6.22. The van der Waals surface area contributed by atoms with E-state index < -0.39 is 30.4 Å². The van der Waals surface area contributed by atoms with Crippen molar-refractivity contribution in [3.63, 3.8) is 0 Å². The highest BCUT2D eigenvalue weighted by atomic mass is 32.2. The van der Waals surface area contributed by atoms with Crippen molar-refractivity contribution in [2.24, 2.45) is 23.7 Å². The van der Waals surface area contributed by atoms with Crippen LogP contribution in [-0.2, 0) is 23.7 Å². The Bertz CT molecular complexity index is 1100. The average molecular weight is 571 g/mol. The van der Waals surface area contributed by atoms with E-state index >= 15 is 0 Å². The molecule has 0 amide bonds. The molecule has 0 bridgehead atoms. The van der Waals surface area contributed by atoms with Gasteiger partial charge in [-0.1, -0.05) is 71.0 Å². The highest BCUT2D eigenvalue weighted by Gasteiger charge is 2.49. The van der Waals surface area contributed by atoms with Crippen molar-refractivity contribution in [3.8, 4) is 0 Å². The summed E-state index contributed by atoms with van der Waals surface area (Å²) in [4.78, 5) is 26.3. The molecule has 4 unspecified atom stereocenters. The Balaban J connectivity index is 1.56. The number of thioether (sulfide) groups is 1. The molecule has 7 nitrogen and oxygen atoms in total.